The van der Waals surface area contributed by atoms with E-state index in [0.29, 0.717) is 11.3 Å². The Bertz CT molecular complexity index is 627. The molecular weight excluding hydrogens is 284 g/mol. The Hall–Kier alpha value is -1.97. The van der Waals surface area contributed by atoms with Crippen LogP contribution in [0.2, 0.25) is 0 Å². The van der Waals surface area contributed by atoms with Crippen molar-refractivity contribution in [2.24, 2.45) is 10.9 Å². The van der Waals surface area contributed by atoms with Gasteiger partial charge in [0.2, 0.25) is 21.8 Å². The minimum absolute atomic E-state index is 0.107. The van der Waals surface area contributed by atoms with Crippen LogP contribution in [-0.4, -0.2) is 33.3 Å². The molecule has 110 valence electrons. The number of rotatable bonds is 5. The van der Waals surface area contributed by atoms with Gasteiger partial charge in [0, 0.05) is 5.69 Å². The third kappa shape index (κ3) is 4.61. The normalized spacial score (nSPS) is 10.9. The topological polar surface area (TPSA) is 144 Å². The van der Waals surface area contributed by atoms with E-state index in [4.69, 9.17) is 10.9 Å². The summed E-state index contributed by atoms with van der Waals surface area (Å²) in [5.41, 5.74) is 6.05. The Kier molecular flexibility index (Phi) is 5.19. The van der Waals surface area contributed by atoms with E-state index in [0.717, 1.165) is 0 Å². The molecule has 0 atom stereocenters. The van der Waals surface area contributed by atoms with Gasteiger partial charge in [-0.3, -0.25) is 9.59 Å². The lowest BCUT2D eigenvalue weighted by atomic mass is 10.2. The van der Waals surface area contributed by atoms with Crippen LogP contribution in [0.25, 0.3) is 0 Å². The van der Waals surface area contributed by atoms with E-state index >= 15 is 0 Å². The summed E-state index contributed by atoms with van der Waals surface area (Å²) in [5.74, 6) is -0.961. The zero-order chi connectivity index (χ0) is 15.3. The van der Waals surface area contributed by atoms with Gasteiger partial charge in [-0.2, -0.15) is 0 Å². The molecule has 1 aromatic carbocycles. The molecule has 0 saturated carbocycles. The zero-order valence-corrected chi connectivity index (χ0v) is 11.7. The van der Waals surface area contributed by atoms with Crippen molar-refractivity contribution in [2.45, 2.75) is 11.8 Å². The number of amides is 2. The number of benzene rings is 1. The van der Waals surface area contributed by atoms with Crippen LogP contribution in [0.15, 0.2) is 23.1 Å². The van der Waals surface area contributed by atoms with Crippen molar-refractivity contribution in [1.29, 1.82) is 0 Å². The van der Waals surface area contributed by atoms with Gasteiger partial charge in [-0.1, -0.05) is 6.07 Å². The molecule has 0 unspecified atom stereocenters. The minimum atomic E-state index is -3.85. The molecule has 8 nitrogen and oxygen atoms in total. The number of sulfonamides is 1. The summed E-state index contributed by atoms with van der Waals surface area (Å²) >= 11 is 0. The standard InChI is InChI=1S/C11H16N4O4S/c1-7-2-3-8(20(13,18)19)4-9(7)15-11(17)6-14-10(16)5-12/h2-4H,5-6,12H2,1H3,(H,14,16)(H,15,17)(H2,13,18,19). The van der Waals surface area contributed by atoms with Crippen LogP contribution < -0.4 is 21.5 Å². The highest BCUT2D eigenvalue weighted by atomic mass is 32.2. The highest BCUT2D eigenvalue weighted by molar-refractivity contribution is 7.89. The molecule has 0 fully saturated rings. The first-order valence-electron chi connectivity index (χ1n) is 5.64. The molecule has 0 aliphatic rings. The van der Waals surface area contributed by atoms with E-state index in [1.165, 1.54) is 18.2 Å². The van der Waals surface area contributed by atoms with E-state index in [1.54, 1.807) is 6.92 Å². The highest BCUT2D eigenvalue weighted by Crippen LogP contribution is 2.19. The molecular formula is C11H16N4O4S. The van der Waals surface area contributed by atoms with Crippen molar-refractivity contribution < 1.29 is 18.0 Å². The van der Waals surface area contributed by atoms with Gasteiger partial charge in [-0.05, 0) is 24.6 Å². The first-order chi connectivity index (χ1) is 9.24. The molecule has 0 saturated heterocycles. The molecule has 0 bridgehead atoms. The zero-order valence-electron chi connectivity index (χ0n) is 10.8. The van der Waals surface area contributed by atoms with Gasteiger partial charge in [0.15, 0.2) is 0 Å². The lowest BCUT2D eigenvalue weighted by Gasteiger charge is -2.10. The summed E-state index contributed by atoms with van der Waals surface area (Å²) in [5, 5.41) is 9.80. The van der Waals surface area contributed by atoms with Gasteiger partial charge in [0.1, 0.15) is 0 Å². The Labute approximate surface area is 116 Å². The van der Waals surface area contributed by atoms with E-state index in [2.05, 4.69) is 10.6 Å². The maximum Gasteiger partial charge on any atom is 0.243 e. The van der Waals surface area contributed by atoms with Crippen LogP contribution in [0.5, 0.6) is 0 Å². The molecule has 2 amide bonds. The summed E-state index contributed by atoms with van der Waals surface area (Å²) < 4.78 is 22.5. The maximum atomic E-state index is 11.6. The van der Waals surface area contributed by atoms with Crippen molar-refractivity contribution in [2.75, 3.05) is 18.4 Å². The molecule has 9 heteroatoms. The van der Waals surface area contributed by atoms with E-state index in [-0.39, 0.29) is 18.0 Å². The Morgan fingerprint density at radius 3 is 2.45 bits per heavy atom. The van der Waals surface area contributed by atoms with E-state index < -0.39 is 21.8 Å². The van der Waals surface area contributed by atoms with Crippen molar-refractivity contribution in [3.8, 4) is 0 Å². The number of primary sulfonamides is 1. The number of carbonyl (C=O) groups excluding carboxylic acids is 2. The van der Waals surface area contributed by atoms with Crippen molar-refractivity contribution in [1.82, 2.24) is 5.32 Å². The number of hydrogen-bond donors (Lipinski definition) is 4. The monoisotopic (exact) mass is 300 g/mol. The fraction of sp³-hybridized carbons (Fsp3) is 0.273. The Morgan fingerprint density at radius 2 is 1.90 bits per heavy atom. The first kappa shape index (κ1) is 16.1. The van der Waals surface area contributed by atoms with Crippen LogP contribution >= 0.6 is 0 Å². The second kappa shape index (κ2) is 6.46. The number of aryl methyl sites for hydroxylation is 1. The average Bonchev–Trinajstić information content (AvgIpc) is 2.37. The quantitative estimate of drug-likeness (QED) is 0.531. The lowest BCUT2D eigenvalue weighted by Crippen LogP contribution is -2.36. The van der Waals surface area contributed by atoms with Gasteiger partial charge in [-0.15, -0.1) is 0 Å². The van der Waals surface area contributed by atoms with Gasteiger partial charge in [0.25, 0.3) is 0 Å². The molecule has 20 heavy (non-hydrogen) atoms. The molecule has 0 aliphatic carbocycles. The fourth-order valence-electron chi connectivity index (χ4n) is 1.36. The number of carbonyl (C=O) groups is 2. The van der Waals surface area contributed by atoms with E-state index in [1.807, 2.05) is 0 Å². The molecule has 6 N–H and O–H groups in total. The summed E-state index contributed by atoms with van der Waals surface area (Å²) in [6.45, 7) is 1.23. The van der Waals surface area contributed by atoms with Crippen LogP contribution in [0.1, 0.15) is 5.56 Å². The lowest BCUT2D eigenvalue weighted by molar-refractivity contribution is -0.123. The molecule has 1 aromatic rings. The molecule has 0 aliphatic heterocycles. The van der Waals surface area contributed by atoms with Gasteiger partial charge in [0.05, 0.1) is 18.0 Å². The third-order valence-electron chi connectivity index (χ3n) is 2.44. The summed E-state index contributed by atoms with van der Waals surface area (Å²) in [7, 11) is -3.85. The summed E-state index contributed by atoms with van der Waals surface area (Å²) in [6, 6.07) is 4.12. The third-order valence-corrected chi connectivity index (χ3v) is 3.35. The Morgan fingerprint density at radius 1 is 1.25 bits per heavy atom. The molecule has 0 aromatic heterocycles. The van der Waals surface area contributed by atoms with Crippen LogP contribution in [-0.2, 0) is 19.6 Å². The van der Waals surface area contributed by atoms with Crippen molar-refractivity contribution >= 4 is 27.5 Å². The maximum absolute atomic E-state index is 11.6. The fourth-order valence-corrected chi connectivity index (χ4v) is 1.90. The predicted octanol–water partition coefficient (Wildman–Crippen LogP) is -1.34. The summed E-state index contributed by atoms with van der Waals surface area (Å²) in [6.07, 6.45) is 0. The van der Waals surface area contributed by atoms with Crippen molar-refractivity contribution in [3.63, 3.8) is 0 Å². The van der Waals surface area contributed by atoms with Crippen LogP contribution in [0.3, 0.4) is 0 Å². The molecule has 0 heterocycles. The Balaban J connectivity index is 2.82. The largest absolute Gasteiger partial charge is 0.346 e. The SMILES string of the molecule is Cc1ccc(S(N)(=O)=O)cc1NC(=O)CNC(=O)CN. The molecule has 0 spiro atoms. The van der Waals surface area contributed by atoms with Crippen LogP contribution in [0.4, 0.5) is 5.69 Å². The smallest absolute Gasteiger partial charge is 0.243 e. The van der Waals surface area contributed by atoms with Gasteiger partial charge >= 0.3 is 0 Å². The molecule has 0 radical (unpaired) electrons. The second-order valence-corrected chi connectivity index (χ2v) is 5.61. The predicted molar refractivity (Wildman–Crippen MR) is 73.2 cm³/mol. The number of anilines is 1. The first-order valence-corrected chi connectivity index (χ1v) is 7.18. The van der Waals surface area contributed by atoms with Gasteiger partial charge < -0.3 is 16.4 Å². The number of hydrogen-bond acceptors (Lipinski definition) is 5. The molecule has 1 rings (SSSR count). The highest BCUT2D eigenvalue weighted by Gasteiger charge is 2.12. The average molecular weight is 300 g/mol. The van der Waals surface area contributed by atoms with E-state index in [9.17, 15) is 18.0 Å². The van der Waals surface area contributed by atoms with Gasteiger partial charge in [-0.25, -0.2) is 13.6 Å². The number of nitrogens with one attached hydrogen (secondary N) is 2. The minimum Gasteiger partial charge on any atom is -0.346 e. The number of nitrogens with two attached hydrogens (primary N) is 2. The second-order valence-electron chi connectivity index (χ2n) is 4.05. The van der Waals surface area contributed by atoms with Crippen molar-refractivity contribution in [3.05, 3.63) is 23.8 Å². The van der Waals surface area contributed by atoms with Crippen LogP contribution in [0, 0.1) is 6.92 Å². The summed E-state index contributed by atoms with van der Waals surface area (Å²) in [4.78, 5) is 22.4.